The van der Waals surface area contributed by atoms with Gasteiger partial charge in [0.05, 0.1) is 7.11 Å². The minimum Gasteiger partial charge on any atom is -0.497 e. The molecule has 0 radical (unpaired) electrons. The van der Waals surface area contributed by atoms with Crippen molar-refractivity contribution >= 4 is 23.4 Å². The van der Waals surface area contributed by atoms with Gasteiger partial charge in [-0.1, -0.05) is 53.7 Å². The van der Waals surface area contributed by atoms with Gasteiger partial charge in [-0.3, -0.25) is 4.57 Å². The van der Waals surface area contributed by atoms with Gasteiger partial charge in [0.2, 0.25) is 0 Å². The van der Waals surface area contributed by atoms with E-state index >= 15 is 0 Å². The zero-order valence-electron chi connectivity index (χ0n) is 13.9. The Morgan fingerprint density at radius 3 is 2.80 bits per heavy atom. The number of nitrogens with zero attached hydrogens (tertiary/aromatic N) is 3. The zero-order valence-corrected chi connectivity index (χ0v) is 15.4. The van der Waals surface area contributed by atoms with E-state index < -0.39 is 0 Å². The molecule has 0 aliphatic rings. The van der Waals surface area contributed by atoms with Crippen LogP contribution < -0.4 is 4.74 Å². The minimum atomic E-state index is 0.636. The number of halogens is 1. The quantitative estimate of drug-likeness (QED) is 0.428. The molecule has 4 nitrogen and oxygen atoms in total. The van der Waals surface area contributed by atoms with Crippen LogP contribution in [0.3, 0.4) is 0 Å². The Kier molecular flexibility index (Phi) is 5.79. The van der Waals surface area contributed by atoms with E-state index in [1.165, 1.54) is 0 Å². The fraction of sp³-hybridized carbons (Fsp3) is 0.158. The van der Waals surface area contributed by atoms with Crippen LogP contribution >= 0.6 is 23.4 Å². The lowest BCUT2D eigenvalue weighted by molar-refractivity contribution is 0.415. The van der Waals surface area contributed by atoms with Gasteiger partial charge in [-0.2, -0.15) is 0 Å². The van der Waals surface area contributed by atoms with Crippen LogP contribution in [0.5, 0.6) is 5.75 Å². The fourth-order valence-corrected chi connectivity index (χ4v) is 3.54. The van der Waals surface area contributed by atoms with Crippen molar-refractivity contribution in [2.75, 3.05) is 7.11 Å². The van der Waals surface area contributed by atoms with E-state index in [9.17, 15) is 0 Å². The molecule has 0 saturated heterocycles. The summed E-state index contributed by atoms with van der Waals surface area (Å²) in [5, 5.41) is 10.3. The highest BCUT2D eigenvalue weighted by Gasteiger charge is 2.14. The number of methoxy groups -OCH3 is 1. The predicted octanol–water partition coefficient (Wildman–Crippen LogP) is 5.09. The summed E-state index contributed by atoms with van der Waals surface area (Å²) >= 11 is 7.68. The first kappa shape index (κ1) is 17.6. The summed E-state index contributed by atoms with van der Waals surface area (Å²) in [4.78, 5) is 0. The molecule has 6 heteroatoms. The van der Waals surface area contributed by atoms with Gasteiger partial charge in [0.25, 0.3) is 0 Å². The zero-order chi connectivity index (χ0) is 17.6. The maximum atomic E-state index is 6.05. The molecule has 0 aliphatic heterocycles. The molecule has 128 valence electrons. The van der Waals surface area contributed by atoms with Gasteiger partial charge in [0, 0.05) is 22.9 Å². The van der Waals surface area contributed by atoms with Crippen LogP contribution in [0.25, 0.3) is 11.4 Å². The molecule has 1 heterocycles. The molecule has 0 unspecified atom stereocenters. The number of hydrogen-bond acceptors (Lipinski definition) is 4. The Hall–Kier alpha value is -2.24. The second-order valence-corrected chi connectivity index (χ2v) is 6.73. The molecule has 2 aromatic carbocycles. The number of allylic oxidation sites excluding steroid dienone is 1. The minimum absolute atomic E-state index is 0.636. The maximum absolute atomic E-state index is 6.05. The largest absolute Gasteiger partial charge is 0.497 e. The van der Waals surface area contributed by atoms with Gasteiger partial charge in [-0.15, -0.1) is 16.8 Å². The van der Waals surface area contributed by atoms with Crippen molar-refractivity contribution in [2.45, 2.75) is 17.5 Å². The van der Waals surface area contributed by atoms with Gasteiger partial charge in [0.15, 0.2) is 11.0 Å². The first-order chi connectivity index (χ1) is 12.2. The molecular formula is C19H18ClN3OS. The number of thioether (sulfide) groups is 1. The van der Waals surface area contributed by atoms with Crippen molar-refractivity contribution in [3.8, 4) is 17.1 Å². The predicted molar refractivity (Wildman–Crippen MR) is 103 cm³/mol. The van der Waals surface area contributed by atoms with Crippen molar-refractivity contribution in [1.29, 1.82) is 0 Å². The van der Waals surface area contributed by atoms with Crippen molar-refractivity contribution in [1.82, 2.24) is 14.8 Å². The molecule has 0 bridgehead atoms. The lowest BCUT2D eigenvalue weighted by atomic mass is 10.2. The molecule has 3 aromatic rings. The smallest absolute Gasteiger partial charge is 0.192 e. The molecule has 0 saturated carbocycles. The number of benzene rings is 2. The average Bonchev–Trinajstić information content (AvgIpc) is 3.03. The molecule has 3 rings (SSSR count). The highest BCUT2D eigenvalue weighted by molar-refractivity contribution is 7.98. The molecule has 1 aromatic heterocycles. The lowest BCUT2D eigenvalue weighted by Gasteiger charge is -2.09. The van der Waals surface area contributed by atoms with Crippen molar-refractivity contribution < 1.29 is 4.74 Å². The van der Waals surface area contributed by atoms with Crippen molar-refractivity contribution in [3.63, 3.8) is 0 Å². The van der Waals surface area contributed by atoms with Crippen LogP contribution in [0, 0.1) is 0 Å². The Morgan fingerprint density at radius 2 is 2.04 bits per heavy atom. The molecule has 25 heavy (non-hydrogen) atoms. The van der Waals surface area contributed by atoms with Crippen molar-refractivity contribution in [3.05, 3.63) is 71.8 Å². The third kappa shape index (κ3) is 4.24. The number of ether oxygens (including phenoxy) is 1. The molecule has 0 amide bonds. The number of aromatic nitrogens is 3. The van der Waals surface area contributed by atoms with Gasteiger partial charge in [0.1, 0.15) is 5.75 Å². The van der Waals surface area contributed by atoms with Crippen LogP contribution in [0.1, 0.15) is 5.56 Å². The summed E-state index contributed by atoms with van der Waals surface area (Å²) in [7, 11) is 1.65. The molecule has 0 fully saturated rings. The summed E-state index contributed by atoms with van der Waals surface area (Å²) in [6.07, 6.45) is 1.84. The Labute approximate surface area is 156 Å². The van der Waals surface area contributed by atoms with Crippen LogP contribution in [0.2, 0.25) is 5.02 Å². The molecule has 0 aliphatic carbocycles. The van der Waals surface area contributed by atoms with E-state index in [2.05, 4.69) is 27.4 Å². The first-order valence-electron chi connectivity index (χ1n) is 7.77. The second-order valence-electron chi connectivity index (χ2n) is 5.36. The molecule has 0 N–H and O–H groups in total. The van der Waals surface area contributed by atoms with E-state index in [1.807, 2.05) is 48.5 Å². The third-order valence-corrected chi connectivity index (χ3v) is 4.89. The summed E-state index contributed by atoms with van der Waals surface area (Å²) in [6, 6.07) is 15.6. The Bertz CT molecular complexity index is 879. The highest BCUT2D eigenvalue weighted by Crippen LogP contribution is 2.28. The van der Waals surface area contributed by atoms with Crippen LogP contribution in [-0.2, 0) is 12.3 Å². The topological polar surface area (TPSA) is 39.9 Å². The third-order valence-electron chi connectivity index (χ3n) is 3.61. The summed E-state index contributed by atoms with van der Waals surface area (Å²) in [6.45, 7) is 4.48. The Balaban J connectivity index is 1.87. The van der Waals surface area contributed by atoms with Gasteiger partial charge < -0.3 is 4.74 Å². The lowest BCUT2D eigenvalue weighted by Crippen LogP contribution is -2.01. The van der Waals surface area contributed by atoms with E-state index in [1.54, 1.807) is 18.9 Å². The van der Waals surface area contributed by atoms with Gasteiger partial charge >= 0.3 is 0 Å². The van der Waals surface area contributed by atoms with E-state index in [4.69, 9.17) is 16.3 Å². The maximum Gasteiger partial charge on any atom is 0.192 e. The van der Waals surface area contributed by atoms with E-state index in [0.29, 0.717) is 6.54 Å². The average molecular weight is 372 g/mol. The van der Waals surface area contributed by atoms with Crippen molar-refractivity contribution in [2.24, 2.45) is 0 Å². The molecule has 0 atom stereocenters. The van der Waals surface area contributed by atoms with Crippen LogP contribution in [0.15, 0.2) is 66.3 Å². The highest BCUT2D eigenvalue weighted by atomic mass is 35.5. The number of hydrogen-bond donors (Lipinski definition) is 0. The molecule has 0 spiro atoms. The Morgan fingerprint density at radius 1 is 1.20 bits per heavy atom. The van der Waals surface area contributed by atoms with Gasteiger partial charge in [-0.05, 0) is 29.8 Å². The normalized spacial score (nSPS) is 10.6. The van der Waals surface area contributed by atoms with Crippen LogP contribution in [-0.4, -0.2) is 21.9 Å². The SMILES string of the molecule is C=CCn1c(SCc2cccc(Cl)c2)nnc1-c1cccc(OC)c1. The van der Waals surface area contributed by atoms with Crippen LogP contribution in [0.4, 0.5) is 0 Å². The van der Waals surface area contributed by atoms with Gasteiger partial charge in [-0.25, -0.2) is 0 Å². The first-order valence-corrected chi connectivity index (χ1v) is 9.13. The second kappa shape index (κ2) is 8.23. The standard InChI is InChI=1S/C19H18ClN3OS/c1-3-10-23-18(15-7-5-9-17(12-15)24-2)21-22-19(23)25-13-14-6-4-8-16(20)11-14/h3-9,11-12H,1,10,13H2,2H3. The monoisotopic (exact) mass is 371 g/mol. The fourth-order valence-electron chi connectivity index (χ4n) is 2.44. The summed E-state index contributed by atoms with van der Waals surface area (Å²) in [5.41, 5.74) is 2.11. The van der Waals surface area contributed by atoms with E-state index in [0.717, 1.165) is 38.6 Å². The number of rotatable bonds is 7. The summed E-state index contributed by atoms with van der Waals surface area (Å²) in [5.74, 6) is 2.36. The van der Waals surface area contributed by atoms with E-state index in [-0.39, 0.29) is 0 Å². The summed E-state index contributed by atoms with van der Waals surface area (Å²) < 4.78 is 7.36. The molecular weight excluding hydrogens is 354 g/mol.